The molecule has 0 aliphatic carbocycles. The Labute approximate surface area is 116 Å². The van der Waals surface area contributed by atoms with Crippen molar-refractivity contribution in [2.75, 3.05) is 5.32 Å². The van der Waals surface area contributed by atoms with Crippen LogP contribution in [0.1, 0.15) is 21.5 Å². The van der Waals surface area contributed by atoms with Crippen LogP contribution in [0, 0.1) is 13.8 Å². The molecule has 0 saturated heterocycles. The molecule has 0 fully saturated rings. The van der Waals surface area contributed by atoms with E-state index < -0.39 is 5.97 Å². The minimum absolute atomic E-state index is 0.175. The SMILES string of the molecule is Cc1cc(C(=O)O)ccc1Nc1cc(O)c(O)cc1C. The third-order valence-corrected chi connectivity index (χ3v) is 3.06. The molecule has 0 amide bonds. The molecule has 0 aliphatic heterocycles. The lowest BCUT2D eigenvalue weighted by molar-refractivity contribution is 0.0697. The van der Waals surface area contributed by atoms with Gasteiger partial charge in [-0.3, -0.25) is 0 Å². The van der Waals surface area contributed by atoms with Gasteiger partial charge < -0.3 is 20.6 Å². The Morgan fingerprint density at radius 2 is 1.55 bits per heavy atom. The van der Waals surface area contributed by atoms with Gasteiger partial charge in [-0.2, -0.15) is 0 Å². The average molecular weight is 273 g/mol. The number of benzene rings is 2. The summed E-state index contributed by atoms with van der Waals surface area (Å²) in [6, 6.07) is 7.63. The third-order valence-electron chi connectivity index (χ3n) is 3.06. The number of carboxylic acids is 1. The predicted molar refractivity (Wildman–Crippen MR) is 75.9 cm³/mol. The Balaban J connectivity index is 2.35. The van der Waals surface area contributed by atoms with Crippen molar-refractivity contribution in [2.24, 2.45) is 0 Å². The van der Waals surface area contributed by atoms with Crippen molar-refractivity contribution in [3.05, 3.63) is 47.0 Å². The van der Waals surface area contributed by atoms with Crippen LogP contribution in [-0.2, 0) is 0 Å². The lowest BCUT2D eigenvalue weighted by atomic mass is 10.1. The van der Waals surface area contributed by atoms with Crippen LogP contribution in [0.2, 0.25) is 0 Å². The summed E-state index contributed by atoms with van der Waals surface area (Å²) in [5.74, 6) is -1.36. The topological polar surface area (TPSA) is 89.8 Å². The lowest BCUT2D eigenvalue weighted by Gasteiger charge is -2.13. The molecule has 5 nitrogen and oxygen atoms in total. The number of anilines is 2. The maximum atomic E-state index is 10.9. The molecular weight excluding hydrogens is 258 g/mol. The number of aromatic carboxylic acids is 1. The van der Waals surface area contributed by atoms with Gasteiger partial charge in [-0.05, 0) is 49.2 Å². The van der Waals surface area contributed by atoms with Gasteiger partial charge in [-0.1, -0.05) is 0 Å². The molecule has 0 spiro atoms. The molecule has 2 aromatic carbocycles. The fourth-order valence-electron chi connectivity index (χ4n) is 1.90. The van der Waals surface area contributed by atoms with Crippen molar-refractivity contribution >= 4 is 17.3 Å². The molecule has 0 saturated carbocycles. The van der Waals surface area contributed by atoms with Crippen LogP contribution >= 0.6 is 0 Å². The summed E-state index contributed by atoms with van der Waals surface area (Å²) in [5, 5.41) is 31.0. The Morgan fingerprint density at radius 3 is 2.15 bits per heavy atom. The summed E-state index contributed by atoms with van der Waals surface area (Å²) < 4.78 is 0. The van der Waals surface area contributed by atoms with Crippen molar-refractivity contribution < 1.29 is 20.1 Å². The number of aryl methyl sites for hydroxylation is 2. The van der Waals surface area contributed by atoms with Crippen LogP contribution in [0.5, 0.6) is 11.5 Å². The number of rotatable bonds is 3. The van der Waals surface area contributed by atoms with Gasteiger partial charge in [0, 0.05) is 17.4 Å². The first-order valence-corrected chi connectivity index (χ1v) is 6.02. The number of phenolic OH excluding ortho intramolecular Hbond substituents is 2. The van der Waals surface area contributed by atoms with Crippen molar-refractivity contribution in [1.29, 1.82) is 0 Å². The van der Waals surface area contributed by atoms with Gasteiger partial charge in [0.25, 0.3) is 0 Å². The zero-order chi connectivity index (χ0) is 14.9. The Morgan fingerprint density at radius 1 is 0.950 bits per heavy atom. The number of carbonyl (C=O) groups is 1. The van der Waals surface area contributed by atoms with Gasteiger partial charge in [0.1, 0.15) is 0 Å². The minimum atomic E-state index is -0.974. The molecule has 4 N–H and O–H groups in total. The Kier molecular flexibility index (Phi) is 3.52. The van der Waals surface area contributed by atoms with Crippen molar-refractivity contribution in [2.45, 2.75) is 13.8 Å². The van der Waals surface area contributed by atoms with Crippen LogP contribution in [0.3, 0.4) is 0 Å². The second-order valence-electron chi connectivity index (χ2n) is 4.62. The highest BCUT2D eigenvalue weighted by Gasteiger charge is 2.09. The van der Waals surface area contributed by atoms with Gasteiger partial charge in [-0.25, -0.2) is 4.79 Å². The van der Waals surface area contributed by atoms with E-state index in [9.17, 15) is 15.0 Å². The van der Waals surface area contributed by atoms with Crippen molar-refractivity contribution in [1.82, 2.24) is 0 Å². The smallest absolute Gasteiger partial charge is 0.335 e. The molecule has 5 heteroatoms. The van der Waals surface area contributed by atoms with Crippen LogP contribution < -0.4 is 5.32 Å². The Hall–Kier alpha value is -2.69. The maximum absolute atomic E-state index is 10.9. The molecule has 0 unspecified atom stereocenters. The highest BCUT2D eigenvalue weighted by atomic mass is 16.4. The number of nitrogens with one attached hydrogen (secondary N) is 1. The maximum Gasteiger partial charge on any atom is 0.335 e. The summed E-state index contributed by atoms with van der Waals surface area (Å²) in [6.45, 7) is 3.59. The highest BCUT2D eigenvalue weighted by Crippen LogP contribution is 2.33. The number of phenols is 2. The first-order chi connectivity index (χ1) is 9.38. The zero-order valence-electron chi connectivity index (χ0n) is 11.1. The van der Waals surface area contributed by atoms with Gasteiger partial charge in [-0.15, -0.1) is 0 Å². The number of aromatic hydroxyl groups is 2. The third kappa shape index (κ3) is 2.66. The van der Waals surface area contributed by atoms with Gasteiger partial charge in [0.2, 0.25) is 0 Å². The van der Waals surface area contributed by atoms with Crippen molar-refractivity contribution in [3.8, 4) is 11.5 Å². The quantitative estimate of drug-likeness (QED) is 0.509. The highest BCUT2D eigenvalue weighted by molar-refractivity contribution is 5.88. The zero-order valence-corrected chi connectivity index (χ0v) is 11.1. The predicted octanol–water partition coefficient (Wildman–Crippen LogP) is 3.16. The van der Waals surface area contributed by atoms with E-state index in [1.165, 1.54) is 18.2 Å². The van der Waals surface area contributed by atoms with Gasteiger partial charge in [0.15, 0.2) is 11.5 Å². The van der Waals surface area contributed by atoms with E-state index in [2.05, 4.69) is 5.32 Å². The molecule has 0 radical (unpaired) electrons. The normalized spacial score (nSPS) is 10.3. The summed E-state index contributed by atoms with van der Waals surface area (Å²) in [7, 11) is 0. The van der Waals surface area contributed by atoms with Gasteiger partial charge >= 0.3 is 5.97 Å². The molecule has 0 aromatic heterocycles. The summed E-state index contributed by atoms with van der Waals surface area (Å²) in [5.41, 5.74) is 3.15. The number of hydrogen-bond acceptors (Lipinski definition) is 4. The number of hydrogen-bond donors (Lipinski definition) is 4. The second-order valence-corrected chi connectivity index (χ2v) is 4.62. The van der Waals surface area contributed by atoms with Crippen LogP contribution in [0.25, 0.3) is 0 Å². The lowest BCUT2D eigenvalue weighted by Crippen LogP contribution is -2.00. The van der Waals surface area contributed by atoms with Crippen LogP contribution in [-0.4, -0.2) is 21.3 Å². The van der Waals surface area contributed by atoms with Gasteiger partial charge in [0.05, 0.1) is 5.56 Å². The molecule has 0 heterocycles. The molecule has 104 valence electrons. The largest absolute Gasteiger partial charge is 0.504 e. The molecule has 2 rings (SSSR count). The fraction of sp³-hybridized carbons (Fsp3) is 0.133. The van der Waals surface area contributed by atoms with E-state index in [0.717, 1.165) is 16.8 Å². The first kappa shape index (κ1) is 13.7. The first-order valence-electron chi connectivity index (χ1n) is 6.02. The summed E-state index contributed by atoms with van der Waals surface area (Å²) >= 11 is 0. The molecule has 0 bridgehead atoms. The number of carboxylic acid groups (broad SMARTS) is 1. The van der Waals surface area contributed by atoms with Crippen molar-refractivity contribution in [3.63, 3.8) is 0 Å². The fourth-order valence-corrected chi connectivity index (χ4v) is 1.90. The van der Waals surface area contributed by atoms with E-state index >= 15 is 0 Å². The molecule has 0 atom stereocenters. The molecule has 20 heavy (non-hydrogen) atoms. The summed E-state index contributed by atoms with van der Waals surface area (Å²) in [6.07, 6.45) is 0. The van der Waals surface area contributed by atoms with E-state index in [0.29, 0.717) is 5.69 Å². The average Bonchev–Trinajstić information content (AvgIpc) is 2.37. The Bertz CT molecular complexity index is 680. The van der Waals surface area contributed by atoms with Crippen LogP contribution in [0.4, 0.5) is 11.4 Å². The van der Waals surface area contributed by atoms with E-state index in [-0.39, 0.29) is 17.1 Å². The molecule has 0 aliphatic rings. The molecule has 2 aromatic rings. The molecular formula is C15H15NO4. The standard InChI is InChI=1S/C15H15NO4/c1-8-5-10(15(19)20)3-4-11(8)16-12-7-14(18)13(17)6-9(12)2/h3-7,16-18H,1-2H3,(H,19,20). The second kappa shape index (κ2) is 5.13. The van der Waals surface area contributed by atoms with E-state index in [4.69, 9.17) is 5.11 Å². The van der Waals surface area contributed by atoms with E-state index in [1.807, 2.05) is 0 Å². The van der Waals surface area contributed by atoms with Crippen LogP contribution in [0.15, 0.2) is 30.3 Å². The minimum Gasteiger partial charge on any atom is -0.504 e. The van der Waals surface area contributed by atoms with E-state index in [1.54, 1.807) is 26.0 Å². The summed E-state index contributed by atoms with van der Waals surface area (Å²) in [4.78, 5) is 10.9. The monoisotopic (exact) mass is 273 g/mol.